The molecule has 1 amide bonds. The van der Waals surface area contributed by atoms with Crippen molar-refractivity contribution >= 4 is 5.91 Å². The predicted molar refractivity (Wildman–Crippen MR) is 212 cm³/mol. The summed E-state index contributed by atoms with van der Waals surface area (Å²) < 4.78 is 11.1. The molecule has 1 aliphatic rings. The molecular formula is C43H81NO8. The second kappa shape index (κ2) is 34.2. The highest BCUT2D eigenvalue weighted by Crippen LogP contribution is 2.23. The molecule has 7 atom stereocenters. The maximum atomic E-state index is 12.8. The van der Waals surface area contributed by atoms with Crippen LogP contribution in [-0.2, 0) is 14.3 Å². The Morgan fingerprint density at radius 2 is 1.13 bits per heavy atom. The summed E-state index contributed by atoms with van der Waals surface area (Å²) in [6.07, 6.45) is 32.6. The van der Waals surface area contributed by atoms with Gasteiger partial charge in [-0.1, -0.05) is 160 Å². The van der Waals surface area contributed by atoms with Crippen LogP contribution in [0.15, 0.2) is 24.3 Å². The Hall–Kier alpha value is -1.33. The predicted octanol–water partition coefficient (Wildman–Crippen LogP) is 8.33. The van der Waals surface area contributed by atoms with Gasteiger partial charge in [-0.15, -0.1) is 0 Å². The highest BCUT2D eigenvalue weighted by molar-refractivity contribution is 5.76. The van der Waals surface area contributed by atoms with E-state index in [9.17, 15) is 30.3 Å². The topological polar surface area (TPSA) is 149 Å². The van der Waals surface area contributed by atoms with Gasteiger partial charge in [0.1, 0.15) is 24.4 Å². The van der Waals surface area contributed by atoms with Crippen LogP contribution in [0.2, 0.25) is 0 Å². The number of aliphatic hydroxyl groups is 5. The lowest BCUT2D eigenvalue weighted by molar-refractivity contribution is -0.302. The van der Waals surface area contributed by atoms with Gasteiger partial charge in [0.05, 0.1) is 25.4 Å². The number of carbonyl (C=O) groups excluding carboxylic acids is 1. The SMILES string of the molecule is CCCCCCC/C=C\C/C=C\CCCCCCCCCCCCCCCC(=O)NC(COC1OC(CO)C(O)C(O)C1O)C(O)CCCCCC. The van der Waals surface area contributed by atoms with Gasteiger partial charge in [0, 0.05) is 6.42 Å². The Bertz CT molecular complexity index is 868. The smallest absolute Gasteiger partial charge is 0.220 e. The maximum absolute atomic E-state index is 12.8. The monoisotopic (exact) mass is 740 g/mol. The van der Waals surface area contributed by atoms with E-state index in [0.29, 0.717) is 12.8 Å². The summed E-state index contributed by atoms with van der Waals surface area (Å²) in [4.78, 5) is 12.8. The quantitative estimate of drug-likeness (QED) is 0.0281. The van der Waals surface area contributed by atoms with Crippen LogP contribution < -0.4 is 5.32 Å². The van der Waals surface area contributed by atoms with Crippen LogP contribution >= 0.6 is 0 Å². The van der Waals surface area contributed by atoms with Gasteiger partial charge in [-0.05, 0) is 44.9 Å². The van der Waals surface area contributed by atoms with Crippen molar-refractivity contribution in [2.24, 2.45) is 0 Å². The summed E-state index contributed by atoms with van der Waals surface area (Å²) in [5.41, 5.74) is 0. The van der Waals surface area contributed by atoms with Gasteiger partial charge in [0.15, 0.2) is 6.29 Å². The third-order valence-electron chi connectivity index (χ3n) is 10.3. The Balaban J connectivity index is 2.11. The highest BCUT2D eigenvalue weighted by atomic mass is 16.7. The third kappa shape index (κ3) is 24.9. The summed E-state index contributed by atoms with van der Waals surface area (Å²) in [5.74, 6) is -0.155. The van der Waals surface area contributed by atoms with E-state index >= 15 is 0 Å². The maximum Gasteiger partial charge on any atom is 0.220 e. The number of hydrogen-bond acceptors (Lipinski definition) is 8. The van der Waals surface area contributed by atoms with Crippen molar-refractivity contribution in [2.75, 3.05) is 13.2 Å². The number of ether oxygens (including phenoxy) is 2. The van der Waals surface area contributed by atoms with Crippen molar-refractivity contribution in [2.45, 2.75) is 230 Å². The van der Waals surface area contributed by atoms with Crippen molar-refractivity contribution in [3.05, 3.63) is 24.3 Å². The zero-order valence-corrected chi connectivity index (χ0v) is 33.3. The minimum absolute atomic E-state index is 0.140. The number of rotatable bonds is 35. The van der Waals surface area contributed by atoms with Crippen molar-refractivity contribution in [1.29, 1.82) is 0 Å². The van der Waals surface area contributed by atoms with Gasteiger partial charge in [0.2, 0.25) is 5.91 Å². The molecule has 0 saturated carbocycles. The normalized spacial score (nSPS) is 22.0. The average molecular weight is 740 g/mol. The fourth-order valence-corrected chi connectivity index (χ4v) is 6.78. The molecule has 9 nitrogen and oxygen atoms in total. The fraction of sp³-hybridized carbons (Fsp3) is 0.884. The molecule has 6 N–H and O–H groups in total. The molecule has 0 aromatic heterocycles. The van der Waals surface area contributed by atoms with Crippen LogP contribution in [0.3, 0.4) is 0 Å². The largest absolute Gasteiger partial charge is 0.394 e. The lowest BCUT2D eigenvalue weighted by Gasteiger charge is -2.40. The van der Waals surface area contributed by atoms with Crippen molar-refractivity contribution in [3.63, 3.8) is 0 Å². The number of unbranched alkanes of at least 4 members (excludes halogenated alkanes) is 21. The summed E-state index contributed by atoms with van der Waals surface area (Å²) in [5, 5.41) is 53.6. The summed E-state index contributed by atoms with van der Waals surface area (Å²) in [6.45, 7) is 3.69. The first kappa shape index (κ1) is 48.7. The third-order valence-corrected chi connectivity index (χ3v) is 10.3. The summed E-state index contributed by atoms with van der Waals surface area (Å²) in [7, 11) is 0. The number of carbonyl (C=O) groups is 1. The molecular weight excluding hydrogens is 658 g/mol. The lowest BCUT2D eigenvalue weighted by Crippen LogP contribution is -2.60. The minimum Gasteiger partial charge on any atom is -0.394 e. The molecule has 306 valence electrons. The van der Waals surface area contributed by atoms with Crippen LogP contribution in [0.1, 0.15) is 187 Å². The molecule has 0 spiro atoms. The molecule has 52 heavy (non-hydrogen) atoms. The zero-order valence-electron chi connectivity index (χ0n) is 33.3. The first-order valence-electron chi connectivity index (χ1n) is 21.5. The van der Waals surface area contributed by atoms with E-state index in [1.54, 1.807) is 0 Å². The molecule has 0 radical (unpaired) electrons. The molecule has 1 fully saturated rings. The van der Waals surface area contributed by atoms with Crippen molar-refractivity contribution in [1.82, 2.24) is 5.32 Å². The van der Waals surface area contributed by atoms with Crippen molar-refractivity contribution < 1.29 is 39.8 Å². The molecule has 0 aliphatic carbocycles. The van der Waals surface area contributed by atoms with Crippen LogP contribution in [0, 0.1) is 0 Å². The van der Waals surface area contributed by atoms with Crippen LogP contribution in [0.4, 0.5) is 0 Å². The first-order valence-corrected chi connectivity index (χ1v) is 21.5. The molecule has 0 bridgehead atoms. The van der Waals surface area contributed by atoms with E-state index in [4.69, 9.17) is 9.47 Å². The summed E-state index contributed by atoms with van der Waals surface area (Å²) in [6, 6.07) is -0.712. The van der Waals surface area contributed by atoms with E-state index in [1.807, 2.05) is 0 Å². The fourth-order valence-electron chi connectivity index (χ4n) is 6.78. The molecule has 1 rings (SSSR count). The lowest BCUT2D eigenvalue weighted by atomic mass is 9.99. The molecule has 9 heteroatoms. The average Bonchev–Trinajstić information content (AvgIpc) is 3.14. The second-order valence-electron chi connectivity index (χ2n) is 15.1. The van der Waals surface area contributed by atoms with E-state index in [0.717, 1.165) is 51.4 Å². The number of nitrogens with one attached hydrogen (secondary N) is 1. The molecule has 1 saturated heterocycles. The molecule has 7 unspecified atom stereocenters. The number of aliphatic hydroxyl groups excluding tert-OH is 5. The van der Waals surface area contributed by atoms with Crippen LogP contribution in [-0.4, -0.2) is 87.5 Å². The Morgan fingerprint density at radius 1 is 0.654 bits per heavy atom. The minimum atomic E-state index is -1.55. The Kier molecular flexibility index (Phi) is 32.0. The van der Waals surface area contributed by atoms with E-state index in [2.05, 4.69) is 43.5 Å². The van der Waals surface area contributed by atoms with Gasteiger partial charge in [-0.25, -0.2) is 0 Å². The van der Waals surface area contributed by atoms with E-state index in [-0.39, 0.29) is 12.5 Å². The number of hydrogen-bond donors (Lipinski definition) is 6. The zero-order chi connectivity index (χ0) is 38.1. The van der Waals surface area contributed by atoms with Gasteiger partial charge in [0.25, 0.3) is 0 Å². The standard InChI is InChI=1S/C43H81NO8/c1-3-5-7-9-10-11-12-13-14-15-16-17-18-19-20-21-22-23-24-25-26-27-28-29-31-33-39(47)44-36(37(46)32-30-8-6-4-2)35-51-43-42(50)41(49)40(48)38(34-45)52-43/h12-13,15-16,36-38,40-43,45-46,48-50H,3-11,14,17-35H2,1-2H3,(H,44,47)/b13-12-,16-15-. The van der Waals surface area contributed by atoms with Crippen molar-refractivity contribution in [3.8, 4) is 0 Å². The Morgan fingerprint density at radius 3 is 1.65 bits per heavy atom. The number of amides is 1. The van der Waals surface area contributed by atoms with Gasteiger partial charge >= 0.3 is 0 Å². The summed E-state index contributed by atoms with van der Waals surface area (Å²) >= 11 is 0. The molecule has 0 aromatic carbocycles. The van der Waals surface area contributed by atoms with Gasteiger partial charge in [-0.3, -0.25) is 4.79 Å². The first-order chi connectivity index (χ1) is 25.3. The van der Waals surface area contributed by atoms with Gasteiger partial charge in [-0.2, -0.15) is 0 Å². The molecule has 1 aliphatic heterocycles. The van der Waals surface area contributed by atoms with Crippen LogP contribution in [0.5, 0.6) is 0 Å². The van der Waals surface area contributed by atoms with E-state index in [1.165, 1.54) is 109 Å². The van der Waals surface area contributed by atoms with E-state index < -0.39 is 49.5 Å². The second-order valence-corrected chi connectivity index (χ2v) is 15.1. The number of allylic oxidation sites excluding steroid dienone is 4. The highest BCUT2D eigenvalue weighted by Gasteiger charge is 2.44. The van der Waals surface area contributed by atoms with Gasteiger partial charge < -0.3 is 40.3 Å². The van der Waals surface area contributed by atoms with Crippen LogP contribution in [0.25, 0.3) is 0 Å². The Labute approximate surface area is 318 Å². The molecule has 1 heterocycles. The molecule has 0 aromatic rings.